The molecule has 2 rings (SSSR count). The Hall–Kier alpha value is -0.640. The van der Waals surface area contributed by atoms with Gasteiger partial charge in [0.05, 0.1) is 0 Å². The van der Waals surface area contributed by atoms with Crippen LogP contribution < -0.4 is 11.2 Å². The monoisotopic (exact) mass is 253 g/mol. The van der Waals surface area contributed by atoms with E-state index >= 15 is 0 Å². The molecule has 3 N–H and O–H groups in total. The first-order chi connectivity index (χ1) is 8.25. The van der Waals surface area contributed by atoms with Gasteiger partial charge in [0, 0.05) is 5.71 Å². The first-order valence-corrected chi connectivity index (χ1v) is 7.27. The standard InChI is InChI=1S/C13H23N3S/c14-13(17)16-15-12-8-6-11(7-9-12)10-4-2-1-3-5-10/h10-11H,1-9H2,(H3,14,16,17). The molecular weight excluding hydrogens is 230 g/mol. The zero-order valence-corrected chi connectivity index (χ0v) is 11.3. The van der Waals surface area contributed by atoms with Gasteiger partial charge in [0.2, 0.25) is 0 Å². The fraction of sp³-hybridized carbons (Fsp3) is 0.846. The lowest BCUT2D eigenvalue weighted by molar-refractivity contribution is 0.221. The van der Waals surface area contributed by atoms with Crippen LogP contribution in [0, 0.1) is 11.8 Å². The summed E-state index contributed by atoms with van der Waals surface area (Å²) >= 11 is 4.75. The van der Waals surface area contributed by atoms with Gasteiger partial charge in [-0.1, -0.05) is 32.1 Å². The number of hydrogen-bond acceptors (Lipinski definition) is 2. The van der Waals surface area contributed by atoms with Crippen molar-refractivity contribution >= 4 is 23.0 Å². The molecule has 0 unspecified atom stereocenters. The fourth-order valence-corrected chi connectivity index (χ4v) is 3.34. The number of hydrogen-bond donors (Lipinski definition) is 2. The molecule has 0 amide bonds. The molecule has 0 saturated heterocycles. The highest BCUT2D eigenvalue weighted by molar-refractivity contribution is 7.80. The highest BCUT2D eigenvalue weighted by Gasteiger charge is 2.26. The lowest BCUT2D eigenvalue weighted by atomic mass is 9.73. The van der Waals surface area contributed by atoms with Gasteiger partial charge < -0.3 is 5.73 Å². The Kier molecular flexibility index (Phi) is 4.77. The van der Waals surface area contributed by atoms with E-state index in [9.17, 15) is 0 Å². The number of hydrazone groups is 1. The molecule has 0 aromatic rings. The fourth-order valence-electron chi connectivity index (χ4n) is 3.30. The minimum Gasteiger partial charge on any atom is -0.375 e. The molecule has 0 aromatic heterocycles. The molecule has 0 aliphatic heterocycles. The summed E-state index contributed by atoms with van der Waals surface area (Å²) in [7, 11) is 0. The molecule has 96 valence electrons. The Bertz CT molecular complexity index is 285. The van der Waals surface area contributed by atoms with Crippen LogP contribution in [0.25, 0.3) is 0 Å². The molecule has 0 atom stereocenters. The van der Waals surface area contributed by atoms with Gasteiger partial charge >= 0.3 is 0 Å². The van der Waals surface area contributed by atoms with Gasteiger partial charge in [-0.05, 0) is 49.7 Å². The maximum atomic E-state index is 5.37. The average molecular weight is 253 g/mol. The minimum absolute atomic E-state index is 0.270. The van der Waals surface area contributed by atoms with Crippen molar-refractivity contribution in [1.29, 1.82) is 0 Å². The van der Waals surface area contributed by atoms with Crippen molar-refractivity contribution in [3.05, 3.63) is 0 Å². The van der Waals surface area contributed by atoms with E-state index in [4.69, 9.17) is 18.0 Å². The number of nitrogens with zero attached hydrogens (tertiary/aromatic N) is 1. The molecule has 2 saturated carbocycles. The third kappa shape index (κ3) is 3.95. The van der Waals surface area contributed by atoms with Gasteiger partial charge in [-0.15, -0.1) is 0 Å². The second-order valence-electron chi connectivity index (χ2n) is 5.39. The van der Waals surface area contributed by atoms with Gasteiger partial charge in [0.15, 0.2) is 5.11 Å². The molecule has 0 heterocycles. The van der Waals surface area contributed by atoms with Gasteiger partial charge in [-0.2, -0.15) is 5.10 Å². The van der Waals surface area contributed by atoms with E-state index in [1.165, 1.54) is 50.7 Å². The molecule has 2 fully saturated rings. The van der Waals surface area contributed by atoms with Crippen LogP contribution in [0.5, 0.6) is 0 Å². The average Bonchev–Trinajstić information content (AvgIpc) is 2.38. The SMILES string of the molecule is NC(=S)NN=C1CCC(C2CCCCC2)CC1. The Morgan fingerprint density at radius 1 is 1.06 bits per heavy atom. The Morgan fingerprint density at radius 2 is 1.65 bits per heavy atom. The maximum Gasteiger partial charge on any atom is 0.184 e. The van der Waals surface area contributed by atoms with Gasteiger partial charge in [0.25, 0.3) is 0 Å². The molecule has 0 spiro atoms. The van der Waals surface area contributed by atoms with Crippen LogP contribution in [0.1, 0.15) is 57.8 Å². The summed E-state index contributed by atoms with van der Waals surface area (Å²) in [4.78, 5) is 0. The Balaban J connectivity index is 1.77. The van der Waals surface area contributed by atoms with Crippen molar-refractivity contribution in [3.63, 3.8) is 0 Å². The lowest BCUT2D eigenvalue weighted by Crippen LogP contribution is -2.28. The van der Waals surface area contributed by atoms with Crippen LogP contribution in [-0.2, 0) is 0 Å². The van der Waals surface area contributed by atoms with E-state index in [2.05, 4.69) is 10.5 Å². The van der Waals surface area contributed by atoms with E-state index in [1.54, 1.807) is 0 Å². The van der Waals surface area contributed by atoms with Gasteiger partial charge in [-0.3, -0.25) is 5.43 Å². The van der Waals surface area contributed by atoms with E-state index in [-0.39, 0.29) is 5.11 Å². The third-order valence-electron chi connectivity index (χ3n) is 4.25. The Labute approximate surface area is 109 Å². The zero-order chi connectivity index (χ0) is 12.1. The molecule has 17 heavy (non-hydrogen) atoms. The predicted molar refractivity (Wildman–Crippen MR) is 75.9 cm³/mol. The van der Waals surface area contributed by atoms with E-state index in [0.717, 1.165) is 24.7 Å². The normalized spacial score (nSPS) is 26.6. The summed E-state index contributed by atoms with van der Waals surface area (Å²) in [6.45, 7) is 0. The largest absolute Gasteiger partial charge is 0.375 e. The smallest absolute Gasteiger partial charge is 0.184 e. The summed E-state index contributed by atoms with van der Waals surface area (Å²) < 4.78 is 0. The minimum atomic E-state index is 0.270. The quantitative estimate of drug-likeness (QED) is 0.587. The predicted octanol–water partition coefficient (Wildman–Crippen LogP) is 2.95. The van der Waals surface area contributed by atoms with E-state index < -0.39 is 0 Å². The lowest BCUT2D eigenvalue weighted by Gasteiger charge is -2.33. The summed E-state index contributed by atoms with van der Waals surface area (Å²) in [6.07, 6.45) is 12.1. The van der Waals surface area contributed by atoms with Gasteiger partial charge in [0.1, 0.15) is 0 Å². The number of nitrogens with two attached hydrogens (primary N) is 1. The summed E-state index contributed by atoms with van der Waals surface area (Å²) in [5, 5.41) is 4.53. The summed E-state index contributed by atoms with van der Waals surface area (Å²) in [6, 6.07) is 0. The molecule has 0 aromatic carbocycles. The number of nitrogens with one attached hydrogen (secondary N) is 1. The number of rotatable bonds is 2. The molecule has 2 aliphatic carbocycles. The van der Waals surface area contributed by atoms with Crippen molar-refractivity contribution in [3.8, 4) is 0 Å². The topological polar surface area (TPSA) is 50.4 Å². The van der Waals surface area contributed by atoms with Crippen molar-refractivity contribution in [2.45, 2.75) is 57.8 Å². The molecule has 0 bridgehead atoms. The van der Waals surface area contributed by atoms with E-state index in [1.807, 2.05) is 0 Å². The maximum absolute atomic E-state index is 5.37. The van der Waals surface area contributed by atoms with Crippen LogP contribution in [-0.4, -0.2) is 10.8 Å². The summed E-state index contributed by atoms with van der Waals surface area (Å²) in [5.74, 6) is 1.94. The van der Waals surface area contributed by atoms with Crippen molar-refractivity contribution in [1.82, 2.24) is 5.43 Å². The second-order valence-corrected chi connectivity index (χ2v) is 5.83. The van der Waals surface area contributed by atoms with Gasteiger partial charge in [-0.25, -0.2) is 0 Å². The number of thiocarbonyl (C=S) groups is 1. The van der Waals surface area contributed by atoms with Crippen LogP contribution in [0.15, 0.2) is 5.10 Å². The molecular formula is C13H23N3S. The Morgan fingerprint density at radius 3 is 2.24 bits per heavy atom. The summed E-state index contributed by atoms with van der Waals surface area (Å²) in [5.41, 5.74) is 9.31. The van der Waals surface area contributed by atoms with E-state index in [0.29, 0.717) is 0 Å². The van der Waals surface area contributed by atoms with Crippen LogP contribution >= 0.6 is 12.2 Å². The zero-order valence-electron chi connectivity index (χ0n) is 10.5. The first-order valence-electron chi connectivity index (χ1n) is 6.86. The molecule has 3 nitrogen and oxygen atoms in total. The van der Waals surface area contributed by atoms with Crippen molar-refractivity contribution < 1.29 is 0 Å². The second kappa shape index (κ2) is 6.34. The van der Waals surface area contributed by atoms with Crippen molar-refractivity contribution in [2.75, 3.05) is 0 Å². The molecule has 0 radical (unpaired) electrons. The van der Waals surface area contributed by atoms with Crippen LogP contribution in [0.4, 0.5) is 0 Å². The van der Waals surface area contributed by atoms with Crippen LogP contribution in [0.3, 0.4) is 0 Å². The highest BCUT2D eigenvalue weighted by atomic mass is 32.1. The molecule has 4 heteroatoms. The third-order valence-corrected chi connectivity index (χ3v) is 4.34. The van der Waals surface area contributed by atoms with Crippen molar-refractivity contribution in [2.24, 2.45) is 22.7 Å². The first kappa shape index (κ1) is 12.8. The van der Waals surface area contributed by atoms with Crippen LogP contribution in [0.2, 0.25) is 0 Å². The molecule has 2 aliphatic rings. The highest BCUT2D eigenvalue weighted by Crippen LogP contribution is 2.37.